The minimum atomic E-state index is -0.241. The summed E-state index contributed by atoms with van der Waals surface area (Å²) in [6.07, 6.45) is 5.32. The third-order valence-corrected chi connectivity index (χ3v) is 6.57. The molecule has 28 heavy (non-hydrogen) atoms. The van der Waals surface area contributed by atoms with Gasteiger partial charge in [-0.3, -0.25) is 9.36 Å². The summed E-state index contributed by atoms with van der Waals surface area (Å²) in [6.45, 7) is 6.02. The molecule has 1 aromatic carbocycles. The van der Waals surface area contributed by atoms with E-state index >= 15 is 0 Å². The van der Waals surface area contributed by atoms with Crippen molar-refractivity contribution in [1.82, 2.24) is 14.9 Å². The van der Waals surface area contributed by atoms with E-state index in [9.17, 15) is 9.18 Å². The van der Waals surface area contributed by atoms with Crippen LogP contribution in [0.15, 0.2) is 35.4 Å². The zero-order valence-electron chi connectivity index (χ0n) is 16.4. The Morgan fingerprint density at radius 3 is 2.86 bits per heavy atom. The normalized spacial score (nSPS) is 16.6. The van der Waals surface area contributed by atoms with Crippen LogP contribution in [0.5, 0.6) is 0 Å². The molecule has 0 saturated carbocycles. The zero-order valence-corrected chi connectivity index (χ0v) is 17.2. The summed E-state index contributed by atoms with van der Waals surface area (Å²) in [7, 11) is 0. The zero-order chi connectivity index (χ0) is 19.7. The van der Waals surface area contributed by atoms with Gasteiger partial charge >= 0.3 is 0 Å². The first-order chi connectivity index (χ1) is 13.5. The molecule has 0 aliphatic heterocycles. The first kappa shape index (κ1) is 19.3. The molecule has 2 aromatic heterocycles. The lowest BCUT2D eigenvalue weighted by molar-refractivity contribution is 0.428. The average molecular weight is 400 g/mol. The molecule has 0 spiro atoms. The van der Waals surface area contributed by atoms with E-state index in [2.05, 4.69) is 24.1 Å². The second-order valence-corrected chi connectivity index (χ2v) is 9.13. The maximum absolute atomic E-state index is 13.1. The van der Waals surface area contributed by atoms with Crippen LogP contribution >= 0.6 is 11.3 Å². The van der Waals surface area contributed by atoms with Crippen molar-refractivity contribution in [2.24, 2.45) is 5.92 Å². The molecule has 1 unspecified atom stereocenters. The predicted molar refractivity (Wildman–Crippen MR) is 113 cm³/mol. The maximum atomic E-state index is 13.1. The van der Waals surface area contributed by atoms with Crippen LogP contribution < -0.4 is 10.9 Å². The second kappa shape index (κ2) is 8.13. The molecule has 1 N–H and O–H groups in total. The number of hydrogen-bond acceptors (Lipinski definition) is 4. The standard InChI is InChI=1S/C22H26FN3OS/c1-14(2)12-24-17-7-8-18-19(11-17)28-21-20(18)22(27)26(13-25-21)10-9-15-3-5-16(23)6-4-15/h3-6,13-14,17,24H,7-12H2,1-2H3. The molecule has 2 heterocycles. The second-order valence-electron chi connectivity index (χ2n) is 8.05. The van der Waals surface area contributed by atoms with Crippen LogP contribution in [0.1, 0.15) is 36.3 Å². The monoisotopic (exact) mass is 399 g/mol. The maximum Gasteiger partial charge on any atom is 0.262 e. The first-order valence-electron chi connectivity index (χ1n) is 9.98. The number of rotatable bonds is 6. The number of hydrogen-bond donors (Lipinski definition) is 1. The van der Waals surface area contributed by atoms with E-state index in [1.54, 1.807) is 34.4 Å². The molecule has 0 bridgehead atoms. The SMILES string of the molecule is CC(C)CNC1CCc2c(sc3ncn(CCc4ccc(F)cc4)c(=O)c23)C1. The van der Waals surface area contributed by atoms with Gasteiger partial charge in [0.05, 0.1) is 11.7 Å². The van der Waals surface area contributed by atoms with Crippen LogP contribution in [-0.2, 0) is 25.8 Å². The Bertz CT molecular complexity index is 1020. The highest BCUT2D eigenvalue weighted by molar-refractivity contribution is 7.18. The van der Waals surface area contributed by atoms with Gasteiger partial charge in [0.1, 0.15) is 10.6 Å². The van der Waals surface area contributed by atoms with Gasteiger partial charge in [0.15, 0.2) is 0 Å². The fourth-order valence-corrected chi connectivity index (χ4v) is 5.10. The van der Waals surface area contributed by atoms with Crippen LogP contribution in [0.25, 0.3) is 10.2 Å². The van der Waals surface area contributed by atoms with Crippen LogP contribution in [0.3, 0.4) is 0 Å². The van der Waals surface area contributed by atoms with E-state index in [-0.39, 0.29) is 11.4 Å². The van der Waals surface area contributed by atoms with Crippen LogP contribution in [-0.4, -0.2) is 22.1 Å². The van der Waals surface area contributed by atoms with Crippen molar-refractivity contribution in [2.75, 3.05) is 6.54 Å². The Hall–Kier alpha value is -2.05. The Morgan fingerprint density at radius 2 is 2.11 bits per heavy atom. The van der Waals surface area contributed by atoms with Crippen molar-refractivity contribution in [3.8, 4) is 0 Å². The van der Waals surface area contributed by atoms with Gasteiger partial charge in [-0.2, -0.15) is 0 Å². The third-order valence-electron chi connectivity index (χ3n) is 5.41. The molecule has 4 nitrogen and oxygen atoms in total. The van der Waals surface area contributed by atoms with Crippen molar-refractivity contribution in [2.45, 2.75) is 52.1 Å². The minimum absolute atomic E-state index is 0.0539. The molecular weight excluding hydrogens is 373 g/mol. The van der Waals surface area contributed by atoms with Crippen molar-refractivity contribution in [3.05, 3.63) is 62.8 Å². The average Bonchev–Trinajstić information content (AvgIpc) is 3.05. The van der Waals surface area contributed by atoms with Gasteiger partial charge in [0.2, 0.25) is 0 Å². The van der Waals surface area contributed by atoms with E-state index in [0.29, 0.717) is 24.9 Å². The van der Waals surface area contributed by atoms with E-state index < -0.39 is 0 Å². The Kier molecular flexibility index (Phi) is 5.60. The molecule has 0 amide bonds. The van der Waals surface area contributed by atoms with E-state index in [1.807, 2.05) is 0 Å². The third kappa shape index (κ3) is 4.03. The summed E-state index contributed by atoms with van der Waals surface area (Å²) in [5.74, 6) is 0.397. The number of aryl methyl sites for hydroxylation is 3. The molecule has 3 aromatic rings. The van der Waals surface area contributed by atoms with Gasteiger partial charge in [-0.05, 0) is 61.4 Å². The van der Waals surface area contributed by atoms with Gasteiger partial charge in [-0.15, -0.1) is 11.3 Å². The van der Waals surface area contributed by atoms with Gasteiger partial charge in [-0.25, -0.2) is 9.37 Å². The van der Waals surface area contributed by atoms with Crippen LogP contribution in [0, 0.1) is 11.7 Å². The molecule has 6 heteroatoms. The predicted octanol–water partition coefficient (Wildman–Crippen LogP) is 3.94. The van der Waals surface area contributed by atoms with E-state index in [0.717, 1.165) is 41.6 Å². The fraction of sp³-hybridized carbons (Fsp3) is 0.455. The minimum Gasteiger partial charge on any atom is -0.313 e. The summed E-state index contributed by atoms with van der Waals surface area (Å²) < 4.78 is 14.8. The van der Waals surface area contributed by atoms with Crippen LogP contribution in [0.2, 0.25) is 0 Å². The molecular formula is C22H26FN3OS. The van der Waals surface area contributed by atoms with E-state index in [4.69, 9.17) is 0 Å². The Labute approximate surface area is 168 Å². The summed E-state index contributed by atoms with van der Waals surface area (Å²) in [5.41, 5.74) is 2.27. The number of benzene rings is 1. The first-order valence-corrected chi connectivity index (χ1v) is 10.8. The lowest BCUT2D eigenvalue weighted by Gasteiger charge is -2.24. The largest absolute Gasteiger partial charge is 0.313 e. The quantitative estimate of drug-likeness (QED) is 0.683. The summed E-state index contributed by atoms with van der Waals surface area (Å²) in [6, 6.07) is 6.94. The van der Waals surface area contributed by atoms with Crippen molar-refractivity contribution in [1.29, 1.82) is 0 Å². The molecule has 1 atom stereocenters. The number of fused-ring (bicyclic) bond motifs is 3. The highest BCUT2D eigenvalue weighted by Crippen LogP contribution is 2.33. The van der Waals surface area contributed by atoms with Gasteiger partial charge in [0.25, 0.3) is 5.56 Å². The number of aromatic nitrogens is 2. The lowest BCUT2D eigenvalue weighted by atomic mass is 9.93. The number of nitrogens with one attached hydrogen (secondary N) is 1. The van der Waals surface area contributed by atoms with Crippen LogP contribution in [0.4, 0.5) is 4.39 Å². The lowest BCUT2D eigenvalue weighted by Crippen LogP contribution is -2.36. The molecule has 4 rings (SSSR count). The molecule has 0 fully saturated rings. The number of nitrogens with zero attached hydrogens (tertiary/aromatic N) is 2. The summed E-state index contributed by atoms with van der Waals surface area (Å²) in [5, 5.41) is 4.46. The molecule has 148 valence electrons. The fourth-order valence-electron chi connectivity index (χ4n) is 3.84. The van der Waals surface area contributed by atoms with Gasteiger partial charge in [-0.1, -0.05) is 26.0 Å². The molecule has 0 radical (unpaired) electrons. The molecule has 0 saturated heterocycles. The van der Waals surface area contributed by atoms with Crippen molar-refractivity contribution in [3.63, 3.8) is 0 Å². The van der Waals surface area contributed by atoms with Gasteiger partial charge < -0.3 is 5.32 Å². The van der Waals surface area contributed by atoms with Crippen molar-refractivity contribution >= 4 is 21.6 Å². The Morgan fingerprint density at radius 1 is 1.32 bits per heavy atom. The highest BCUT2D eigenvalue weighted by Gasteiger charge is 2.25. The molecule has 1 aliphatic rings. The van der Waals surface area contributed by atoms with Gasteiger partial charge in [0, 0.05) is 17.5 Å². The Balaban J connectivity index is 1.55. The number of thiophene rings is 1. The molecule has 1 aliphatic carbocycles. The smallest absolute Gasteiger partial charge is 0.262 e. The highest BCUT2D eigenvalue weighted by atomic mass is 32.1. The topological polar surface area (TPSA) is 46.9 Å². The number of halogens is 1. The van der Waals surface area contributed by atoms with E-state index in [1.165, 1.54) is 22.6 Å². The summed E-state index contributed by atoms with van der Waals surface area (Å²) in [4.78, 5) is 19.8. The van der Waals surface area contributed by atoms with Crippen molar-refractivity contribution < 1.29 is 4.39 Å². The summed E-state index contributed by atoms with van der Waals surface area (Å²) >= 11 is 1.67.